The molecule has 0 unspecified atom stereocenters. The summed E-state index contributed by atoms with van der Waals surface area (Å²) in [5, 5.41) is 3.02. The summed E-state index contributed by atoms with van der Waals surface area (Å²) in [4.78, 5) is 17.2. The first kappa shape index (κ1) is 25.3. The second-order valence-electron chi connectivity index (χ2n) is 8.95. The Labute approximate surface area is 213 Å². The van der Waals surface area contributed by atoms with Gasteiger partial charge in [-0.1, -0.05) is 48.4 Å². The number of benzene rings is 3. The van der Waals surface area contributed by atoms with E-state index in [1.807, 2.05) is 61.5 Å². The van der Waals surface area contributed by atoms with Crippen LogP contribution in [0.3, 0.4) is 0 Å². The molecule has 4 aromatic rings. The number of nitrogens with zero attached hydrogens (tertiary/aromatic N) is 2. The summed E-state index contributed by atoms with van der Waals surface area (Å²) in [6.45, 7) is 4.15. The Morgan fingerprint density at radius 3 is 2.44 bits per heavy atom. The number of carbonyl (C=O) groups excluding carboxylic acids is 1. The van der Waals surface area contributed by atoms with Crippen LogP contribution in [0, 0.1) is 6.92 Å². The number of unbranched alkanes of at least 4 members (excludes halogenated alkanes) is 2. The highest BCUT2D eigenvalue weighted by Gasteiger charge is 2.11. The molecule has 0 spiro atoms. The maximum absolute atomic E-state index is 12.3. The van der Waals surface area contributed by atoms with Crippen LogP contribution < -0.4 is 14.8 Å². The molecule has 36 heavy (non-hydrogen) atoms. The van der Waals surface area contributed by atoms with Gasteiger partial charge in [0.25, 0.3) is 5.91 Å². The van der Waals surface area contributed by atoms with Crippen LogP contribution in [0.25, 0.3) is 11.0 Å². The van der Waals surface area contributed by atoms with Crippen LogP contribution in [0.2, 0.25) is 0 Å². The smallest absolute Gasteiger partial charge is 0.251 e. The second kappa shape index (κ2) is 12.8. The largest absolute Gasteiger partial charge is 0.493 e. The number of carbonyl (C=O) groups is 1. The Hall–Kier alpha value is -3.80. The molecule has 0 fully saturated rings. The molecule has 1 N–H and O–H groups in total. The van der Waals surface area contributed by atoms with Gasteiger partial charge in [0.2, 0.25) is 0 Å². The predicted octanol–water partition coefficient (Wildman–Crippen LogP) is 5.97. The van der Waals surface area contributed by atoms with Crippen molar-refractivity contribution in [3.05, 3.63) is 89.7 Å². The fourth-order valence-corrected chi connectivity index (χ4v) is 4.30. The molecule has 1 amide bonds. The minimum absolute atomic E-state index is 0.00728. The molecule has 0 aliphatic heterocycles. The van der Waals surface area contributed by atoms with Crippen molar-refractivity contribution in [1.82, 2.24) is 14.9 Å². The topological polar surface area (TPSA) is 65.4 Å². The van der Waals surface area contributed by atoms with E-state index < -0.39 is 0 Å². The third-order valence-corrected chi connectivity index (χ3v) is 6.26. The average Bonchev–Trinajstić information content (AvgIpc) is 3.26. The number of para-hydroxylation sites is 4. The molecule has 188 valence electrons. The quantitative estimate of drug-likeness (QED) is 0.237. The SMILES string of the molecule is COc1ccccc1OCCCn1c(CCCCCNC(=O)c2ccc(C)cc2)nc2ccccc21. The van der Waals surface area contributed by atoms with Crippen molar-refractivity contribution in [2.45, 2.75) is 45.6 Å². The van der Waals surface area contributed by atoms with Gasteiger partial charge in [-0.2, -0.15) is 0 Å². The number of amides is 1. The Morgan fingerprint density at radius 2 is 1.64 bits per heavy atom. The zero-order chi connectivity index (χ0) is 25.2. The van der Waals surface area contributed by atoms with Gasteiger partial charge in [-0.15, -0.1) is 0 Å². The number of rotatable bonds is 13. The van der Waals surface area contributed by atoms with Crippen LogP contribution in [0.4, 0.5) is 0 Å². The summed E-state index contributed by atoms with van der Waals surface area (Å²) in [6.07, 6.45) is 4.80. The molecule has 0 aliphatic rings. The third kappa shape index (κ3) is 6.66. The summed E-state index contributed by atoms with van der Waals surface area (Å²) < 4.78 is 13.7. The molecule has 6 heteroatoms. The number of hydrogen-bond donors (Lipinski definition) is 1. The van der Waals surface area contributed by atoms with Crippen LogP contribution in [-0.2, 0) is 13.0 Å². The van der Waals surface area contributed by atoms with Crippen LogP contribution in [0.5, 0.6) is 11.5 Å². The summed E-state index contributed by atoms with van der Waals surface area (Å²) in [7, 11) is 1.66. The Morgan fingerprint density at radius 1 is 0.889 bits per heavy atom. The summed E-state index contributed by atoms with van der Waals surface area (Å²) >= 11 is 0. The van der Waals surface area contributed by atoms with Gasteiger partial charge in [0.1, 0.15) is 5.82 Å². The van der Waals surface area contributed by atoms with Crippen LogP contribution in [-0.4, -0.2) is 35.7 Å². The normalized spacial score (nSPS) is 10.9. The number of methoxy groups -OCH3 is 1. The number of nitrogens with one attached hydrogen (secondary N) is 1. The lowest BCUT2D eigenvalue weighted by atomic mass is 10.1. The van der Waals surface area contributed by atoms with Gasteiger partial charge in [0.15, 0.2) is 11.5 Å². The van der Waals surface area contributed by atoms with E-state index in [1.165, 1.54) is 0 Å². The van der Waals surface area contributed by atoms with Gasteiger partial charge in [-0.3, -0.25) is 4.79 Å². The Balaban J connectivity index is 1.25. The standard InChI is InChI=1S/C30H35N3O3/c1-23-16-18-24(19-17-23)30(34)31-20-9-3-4-15-29-32-25-11-5-6-12-26(25)33(29)21-10-22-36-28-14-8-7-13-27(28)35-2/h5-8,11-14,16-19H,3-4,9-10,15,20-22H2,1-2H3,(H,31,34). The lowest BCUT2D eigenvalue weighted by Gasteiger charge is -2.12. The van der Waals surface area contributed by atoms with E-state index in [9.17, 15) is 4.79 Å². The first-order valence-electron chi connectivity index (χ1n) is 12.7. The molecule has 0 saturated carbocycles. The van der Waals surface area contributed by atoms with Crippen molar-refractivity contribution in [3.8, 4) is 11.5 Å². The summed E-state index contributed by atoms with van der Waals surface area (Å²) in [5.41, 5.74) is 4.06. The second-order valence-corrected chi connectivity index (χ2v) is 8.95. The monoisotopic (exact) mass is 485 g/mol. The Bertz CT molecular complexity index is 1260. The van der Waals surface area contributed by atoms with Gasteiger partial charge in [0.05, 0.1) is 24.8 Å². The minimum atomic E-state index is -0.00728. The average molecular weight is 486 g/mol. The van der Waals surface area contributed by atoms with E-state index in [-0.39, 0.29) is 5.91 Å². The van der Waals surface area contributed by atoms with Gasteiger partial charge >= 0.3 is 0 Å². The predicted molar refractivity (Wildman–Crippen MR) is 144 cm³/mol. The molecule has 4 rings (SSSR count). The van der Waals surface area contributed by atoms with Crippen molar-refractivity contribution >= 4 is 16.9 Å². The van der Waals surface area contributed by atoms with E-state index in [4.69, 9.17) is 14.5 Å². The molecule has 6 nitrogen and oxygen atoms in total. The number of hydrogen-bond acceptors (Lipinski definition) is 4. The van der Waals surface area contributed by atoms with E-state index in [2.05, 4.69) is 28.1 Å². The van der Waals surface area contributed by atoms with Crippen LogP contribution in [0.15, 0.2) is 72.8 Å². The molecule has 0 radical (unpaired) electrons. The highest BCUT2D eigenvalue weighted by atomic mass is 16.5. The van der Waals surface area contributed by atoms with Crippen molar-refractivity contribution in [1.29, 1.82) is 0 Å². The third-order valence-electron chi connectivity index (χ3n) is 6.26. The zero-order valence-electron chi connectivity index (χ0n) is 21.2. The number of fused-ring (bicyclic) bond motifs is 1. The van der Waals surface area contributed by atoms with Crippen LogP contribution in [0.1, 0.15) is 47.4 Å². The first-order chi connectivity index (χ1) is 17.7. The van der Waals surface area contributed by atoms with Crippen molar-refractivity contribution in [2.24, 2.45) is 0 Å². The molecule has 0 saturated heterocycles. The summed E-state index contributed by atoms with van der Waals surface area (Å²) in [5.74, 6) is 2.62. The van der Waals surface area contributed by atoms with E-state index in [0.29, 0.717) is 18.7 Å². The lowest BCUT2D eigenvalue weighted by molar-refractivity contribution is 0.0953. The minimum Gasteiger partial charge on any atom is -0.493 e. The van der Waals surface area contributed by atoms with Gasteiger partial charge < -0.3 is 19.4 Å². The van der Waals surface area contributed by atoms with Crippen molar-refractivity contribution < 1.29 is 14.3 Å². The van der Waals surface area contributed by atoms with E-state index in [1.54, 1.807) is 7.11 Å². The molecule has 0 bridgehead atoms. The van der Waals surface area contributed by atoms with Gasteiger partial charge in [-0.05, 0) is 62.6 Å². The molecule has 0 aliphatic carbocycles. The zero-order valence-corrected chi connectivity index (χ0v) is 21.2. The number of aromatic nitrogens is 2. The lowest BCUT2D eigenvalue weighted by Crippen LogP contribution is -2.24. The molecule has 1 aromatic heterocycles. The van der Waals surface area contributed by atoms with Crippen molar-refractivity contribution in [3.63, 3.8) is 0 Å². The highest BCUT2D eigenvalue weighted by Crippen LogP contribution is 2.26. The highest BCUT2D eigenvalue weighted by molar-refractivity contribution is 5.94. The van der Waals surface area contributed by atoms with Crippen molar-refractivity contribution in [2.75, 3.05) is 20.3 Å². The summed E-state index contributed by atoms with van der Waals surface area (Å²) in [6, 6.07) is 23.7. The fourth-order valence-electron chi connectivity index (χ4n) is 4.30. The fraction of sp³-hybridized carbons (Fsp3) is 0.333. The maximum Gasteiger partial charge on any atom is 0.251 e. The molecular weight excluding hydrogens is 450 g/mol. The molecule has 0 atom stereocenters. The van der Waals surface area contributed by atoms with E-state index in [0.717, 1.165) is 72.6 Å². The van der Waals surface area contributed by atoms with E-state index >= 15 is 0 Å². The first-order valence-corrected chi connectivity index (χ1v) is 12.7. The van der Waals surface area contributed by atoms with Gasteiger partial charge in [-0.25, -0.2) is 4.98 Å². The van der Waals surface area contributed by atoms with Gasteiger partial charge in [0, 0.05) is 25.1 Å². The number of aryl methyl sites for hydroxylation is 3. The Kier molecular flexibility index (Phi) is 8.98. The van der Waals surface area contributed by atoms with Crippen LogP contribution >= 0.6 is 0 Å². The number of ether oxygens (including phenoxy) is 2. The molecule has 3 aromatic carbocycles. The number of imidazole rings is 1. The maximum atomic E-state index is 12.3. The molecule has 1 heterocycles. The molecular formula is C30H35N3O3.